The van der Waals surface area contributed by atoms with Crippen LogP contribution in [0, 0.1) is 5.92 Å². The lowest BCUT2D eigenvalue weighted by molar-refractivity contribution is -0.143. The van der Waals surface area contributed by atoms with E-state index in [2.05, 4.69) is 19.9 Å². The van der Waals surface area contributed by atoms with Crippen LogP contribution in [0.3, 0.4) is 0 Å². The van der Waals surface area contributed by atoms with Gasteiger partial charge in [-0.1, -0.05) is 32.0 Å². The zero-order valence-electron chi connectivity index (χ0n) is 13.1. The maximum Gasteiger partial charge on any atom is 0.324 e. The van der Waals surface area contributed by atoms with Crippen molar-refractivity contribution in [3.8, 4) is 0 Å². The second-order valence-electron chi connectivity index (χ2n) is 6.87. The number of urea groups is 1. The van der Waals surface area contributed by atoms with Crippen molar-refractivity contribution >= 4 is 17.7 Å². The second kappa shape index (κ2) is 5.30. The van der Waals surface area contributed by atoms with Crippen molar-refractivity contribution in [1.82, 2.24) is 4.90 Å². The molecule has 0 aliphatic carbocycles. The Kier molecular flexibility index (Phi) is 3.59. The summed E-state index contributed by atoms with van der Waals surface area (Å²) in [4.78, 5) is 27.5. The highest BCUT2D eigenvalue weighted by Gasteiger charge is 2.40. The quantitative estimate of drug-likeness (QED) is 0.867. The van der Waals surface area contributed by atoms with Crippen LogP contribution < -0.4 is 4.90 Å². The molecule has 2 amide bonds. The van der Waals surface area contributed by atoms with Gasteiger partial charge in [-0.3, -0.25) is 9.69 Å². The van der Waals surface area contributed by atoms with E-state index in [1.54, 1.807) is 4.90 Å². The highest BCUT2D eigenvalue weighted by atomic mass is 16.4. The first-order valence-electron chi connectivity index (χ1n) is 7.79. The first kappa shape index (κ1) is 14.9. The molecule has 0 spiro atoms. The van der Waals surface area contributed by atoms with Crippen LogP contribution in [-0.2, 0) is 10.2 Å². The molecule has 0 bridgehead atoms. The van der Waals surface area contributed by atoms with E-state index < -0.39 is 5.97 Å². The van der Waals surface area contributed by atoms with E-state index in [9.17, 15) is 9.59 Å². The fourth-order valence-electron chi connectivity index (χ4n) is 3.51. The summed E-state index contributed by atoms with van der Waals surface area (Å²) in [7, 11) is 0. The number of aliphatic carboxylic acids is 1. The Hall–Kier alpha value is -2.04. The third kappa shape index (κ3) is 2.45. The second-order valence-corrected chi connectivity index (χ2v) is 6.87. The number of carboxylic acids is 1. The van der Waals surface area contributed by atoms with Crippen molar-refractivity contribution in [1.29, 1.82) is 0 Å². The van der Waals surface area contributed by atoms with Crippen LogP contribution in [-0.4, -0.2) is 41.6 Å². The standard InChI is InChI=1S/C17H22N2O3/c1-17(2)11-19(14-6-4-3-5-13(14)17)16(22)18-9-7-12(8-10-18)15(20)21/h3-6,12H,7-11H2,1-2H3,(H,20,21). The van der Waals surface area contributed by atoms with Gasteiger partial charge in [0.2, 0.25) is 0 Å². The highest BCUT2D eigenvalue weighted by Crippen LogP contribution is 2.40. The molecule has 2 aliphatic heterocycles. The van der Waals surface area contributed by atoms with Gasteiger partial charge >= 0.3 is 12.0 Å². The number of likely N-dealkylation sites (tertiary alicyclic amines) is 1. The molecule has 2 heterocycles. The summed E-state index contributed by atoms with van der Waals surface area (Å²) in [5.74, 6) is -1.06. The van der Waals surface area contributed by atoms with Gasteiger partial charge in [-0.25, -0.2) is 4.79 Å². The van der Waals surface area contributed by atoms with Crippen LogP contribution in [0.2, 0.25) is 0 Å². The highest BCUT2D eigenvalue weighted by molar-refractivity contribution is 5.95. The number of para-hydroxylation sites is 1. The molecule has 5 heteroatoms. The molecule has 0 atom stereocenters. The van der Waals surface area contributed by atoms with Gasteiger partial charge in [-0.05, 0) is 24.5 Å². The molecule has 0 aromatic heterocycles. The molecule has 1 aromatic rings. The summed E-state index contributed by atoms with van der Waals surface area (Å²) in [6.45, 7) is 6.01. The number of hydrogen-bond acceptors (Lipinski definition) is 2. The lowest BCUT2D eigenvalue weighted by atomic mass is 9.87. The molecule has 3 rings (SSSR count). The van der Waals surface area contributed by atoms with E-state index in [0.717, 1.165) is 5.69 Å². The molecule has 1 N–H and O–H groups in total. The molecule has 1 saturated heterocycles. The molecule has 22 heavy (non-hydrogen) atoms. The Morgan fingerprint density at radius 3 is 2.45 bits per heavy atom. The van der Waals surface area contributed by atoms with Gasteiger partial charge in [0.25, 0.3) is 0 Å². The largest absolute Gasteiger partial charge is 0.481 e. The van der Waals surface area contributed by atoms with Gasteiger partial charge < -0.3 is 10.0 Å². The summed E-state index contributed by atoms with van der Waals surface area (Å²) in [5.41, 5.74) is 2.13. The molecular weight excluding hydrogens is 280 g/mol. The molecule has 1 fully saturated rings. The SMILES string of the molecule is CC1(C)CN(C(=O)N2CCC(C(=O)O)CC2)c2ccccc21. The van der Waals surface area contributed by atoms with Crippen molar-refractivity contribution < 1.29 is 14.7 Å². The number of fused-ring (bicyclic) bond motifs is 1. The zero-order valence-corrected chi connectivity index (χ0v) is 13.1. The van der Waals surface area contributed by atoms with Gasteiger partial charge in [-0.2, -0.15) is 0 Å². The number of hydrogen-bond donors (Lipinski definition) is 1. The van der Waals surface area contributed by atoms with Crippen LogP contribution in [0.25, 0.3) is 0 Å². The third-order valence-electron chi connectivity index (χ3n) is 4.82. The zero-order chi connectivity index (χ0) is 15.9. The lowest BCUT2D eigenvalue weighted by Crippen LogP contribution is -2.48. The molecule has 5 nitrogen and oxygen atoms in total. The minimum atomic E-state index is -0.750. The number of carbonyl (C=O) groups is 2. The number of carbonyl (C=O) groups excluding carboxylic acids is 1. The summed E-state index contributed by atoms with van der Waals surface area (Å²) in [5, 5.41) is 9.06. The lowest BCUT2D eigenvalue weighted by Gasteiger charge is -2.33. The Morgan fingerprint density at radius 2 is 1.82 bits per heavy atom. The fourth-order valence-corrected chi connectivity index (χ4v) is 3.51. The number of nitrogens with zero attached hydrogens (tertiary/aromatic N) is 2. The minimum absolute atomic E-state index is 0.00173. The molecule has 2 aliphatic rings. The summed E-state index contributed by atoms with van der Waals surface area (Å²) >= 11 is 0. The van der Waals surface area contributed by atoms with Crippen molar-refractivity contribution in [3.63, 3.8) is 0 Å². The van der Waals surface area contributed by atoms with Gasteiger partial charge in [0.05, 0.1) is 5.92 Å². The average Bonchev–Trinajstić information content (AvgIpc) is 2.79. The maximum atomic E-state index is 12.8. The number of rotatable bonds is 1. The van der Waals surface area contributed by atoms with Crippen LogP contribution in [0.5, 0.6) is 0 Å². The fraction of sp³-hybridized carbons (Fsp3) is 0.529. The Labute approximate surface area is 130 Å². The van der Waals surface area contributed by atoms with E-state index >= 15 is 0 Å². The van der Waals surface area contributed by atoms with Gasteiger partial charge in [-0.15, -0.1) is 0 Å². The van der Waals surface area contributed by atoms with Crippen molar-refractivity contribution in [3.05, 3.63) is 29.8 Å². The Balaban J connectivity index is 1.76. The smallest absolute Gasteiger partial charge is 0.324 e. The minimum Gasteiger partial charge on any atom is -0.481 e. The summed E-state index contributed by atoms with van der Waals surface area (Å²) in [6, 6.07) is 8.04. The Morgan fingerprint density at radius 1 is 1.18 bits per heavy atom. The number of benzene rings is 1. The molecular formula is C17H22N2O3. The molecule has 0 unspecified atom stereocenters. The average molecular weight is 302 g/mol. The van der Waals surface area contributed by atoms with E-state index in [1.165, 1.54) is 5.56 Å². The summed E-state index contributed by atoms with van der Waals surface area (Å²) in [6.07, 6.45) is 1.08. The third-order valence-corrected chi connectivity index (χ3v) is 4.82. The molecule has 0 radical (unpaired) electrons. The normalized spacial score (nSPS) is 20.8. The molecule has 118 valence electrons. The van der Waals surface area contributed by atoms with Crippen LogP contribution >= 0.6 is 0 Å². The van der Waals surface area contributed by atoms with E-state index in [0.29, 0.717) is 32.5 Å². The van der Waals surface area contributed by atoms with E-state index in [-0.39, 0.29) is 17.4 Å². The summed E-state index contributed by atoms with van der Waals surface area (Å²) < 4.78 is 0. The van der Waals surface area contributed by atoms with Crippen molar-refractivity contribution in [2.24, 2.45) is 5.92 Å². The number of carboxylic acid groups (broad SMARTS) is 1. The van der Waals surface area contributed by atoms with Crippen LogP contribution in [0.15, 0.2) is 24.3 Å². The maximum absolute atomic E-state index is 12.8. The predicted molar refractivity (Wildman–Crippen MR) is 84.1 cm³/mol. The predicted octanol–water partition coefficient (Wildman–Crippen LogP) is 2.70. The number of amides is 2. The van der Waals surface area contributed by atoms with Crippen molar-refractivity contribution in [2.45, 2.75) is 32.1 Å². The van der Waals surface area contributed by atoms with Gasteiger partial charge in [0, 0.05) is 30.7 Å². The number of anilines is 1. The topological polar surface area (TPSA) is 60.9 Å². The monoisotopic (exact) mass is 302 g/mol. The van der Waals surface area contributed by atoms with E-state index in [4.69, 9.17) is 5.11 Å². The van der Waals surface area contributed by atoms with Crippen LogP contribution in [0.4, 0.5) is 10.5 Å². The molecule has 0 saturated carbocycles. The van der Waals surface area contributed by atoms with Crippen molar-refractivity contribution in [2.75, 3.05) is 24.5 Å². The molecule has 1 aromatic carbocycles. The van der Waals surface area contributed by atoms with E-state index in [1.807, 2.05) is 23.1 Å². The van der Waals surface area contributed by atoms with Gasteiger partial charge in [0.1, 0.15) is 0 Å². The number of piperidine rings is 1. The Bertz CT molecular complexity index is 604. The van der Waals surface area contributed by atoms with Gasteiger partial charge in [0.15, 0.2) is 0 Å². The van der Waals surface area contributed by atoms with Crippen LogP contribution in [0.1, 0.15) is 32.3 Å². The first-order chi connectivity index (χ1) is 10.4. The first-order valence-corrected chi connectivity index (χ1v) is 7.79.